The lowest BCUT2D eigenvalue weighted by atomic mass is 10.2. The van der Waals surface area contributed by atoms with Gasteiger partial charge in [0.15, 0.2) is 0 Å². The average Bonchev–Trinajstić information content (AvgIpc) is 2.45. The molecule has 0 radical (unpaired) electrons. The van der Waals surface area contributed by atoms with Gasteiger partial charge in [0.2, 0.25) is 11.8 Å². The summed E-state index contributed by atoms with van der Waals surface area (Å²) in [5.41, 5.74) is 9.64. The second kappa shape index (κ2) is 12.1. The van der Waals surface area contributed by atoms with Gasteiger partial charge in [-0.25, -0.2) is 9.59 Å². The van der Waals surface area contributed by atoms with Gasteiger partial charge in [-0.2, -0.15) is 0 Å². The van der Waals surface area contributed by atoms with Crippen LogP contribution < -0.4 is 11.5 Å². The molecule has 0 saturated carbocycles. The minimum Gasteiger partial charge on any atom is -0.463 e. The Labute approximate surface area is 128 Å². The number of hydrogen-bond donors (Lipinski definition) is 2. The summed E-state index contributed by atoms with van der Waals surface area (Å²) >= 11 is 0. The van der Waals surface area contributed by atoms with Crippen molar-refractivity contribution in [2.45, 2.75) is 25.7 Å². The van der Waals surface area contributed by atoms with Crippen LogP contribution in [0.25, 0.3) is 0 Å². The highest BCUT2D eigenvalue weighted by Crippen LogP contribution is 2.01. The molecule has 0 fully saturated rings. The first kappa shape index (κ1) is 19.4. The molecule has 0 saturated heterocycles. The summed E-state index contributed by atoms with van der Waals surface area (Å²) in [4.78, 5) is 42.8. The summed E-state index contributed by atoms with van der Waals surface area (Å²) in [6.07, 6.45) is 6.72. The van der Waals surface area contributed by atoms with Gasteiger partial charge in [0, 0.05) is 24.3 Å². The first-order valence-corrected chi connectivity index (χ1v) is 6.70. The maximum Gasteiger partial charge on any atom is 0.330 e. The monoisotopic (exact) mass is 312 g/mol. The fourth-order valence-electron chi connectivity index (χ4n) is 1.30. The quantitative estimate of drug-likeness (QED) is 0.305. The zero-order chi connectivity index (χ0) is 16.8. The van der Waals surface area contributed by atoms with Crippen molar-refractivity contribution in [3.05, 3.63) is 24.3 Å². The van der Waals surface area contributed by atoms with E-state index in [2.05, 4.69) is 0 Å². The lowest BCUT2D eigenvalue weighted by Crippen LogP contribution is -2.09. The summed E-state index contributed by atoms with van der Waals surface area (Å²) in [5, 5.41) is 0. The van der Waals surface area contributed by atoms with Crippen LogP contribution >= 0.6 is 0 Å². The van der Waals surface area contributed by atoms with Crippen LogP contribution in [-0.4, -0.2) is 37.0 Å². The van der Waals surface area contributed by atoms with E-state index in [9.17, 15) is 19.2 Å². The van der Waals surface area contributed by atoms with Crippen LogP contribution in [0, 0.1) is 0 Å². The van der Waals surface area contributed by atoms with Gasteiger partial charge < -0.3 is 20.9 Å². The molecule has 0 aromatic rings. The number of amides is 2. The van der Waals surface area contributed by atoms with E-state index in [1.807, 2.05) is 0 Å². The molecule has 0 bridgehead atoms. The summed E-state index contributed by atoms with van der Waals surface area (Å²) in [5.74, 6) is -2.66. The number of nitrogens with two attached hydrogens (primary N) is 2. The zero-order valence-corrected chi connectivity index (χ0v) is 12.2. The third kappa shape index (κ3) is 13.8. The van der Waals surface area contributed by atoms with Gasteiger partial charge in [0.1, 0.15) is 0 Å². The number of ether oxygens (including phenoxy) is 2. The first-order chi connectivity index (χ1) is 10.4. The predicted molar refractivity (Wildman–Crippen MR) is 77.1 cm³/mol. The van der Waals surface area contributed by atoms with Crippen molar-refractivity contribution >= 4 is 23.8 Å². The first-order valence-electron chi connectivity index (χ1n) is 6.70. The number of unbranched alkanes of at least 4 members (excludes halogenated alkanes) is 3. The molecule has 22 heavy (non-hydrogen) atoms. The van der Waals surface area contributed by atoms with Crippen LogP contribution in [0.4, 0.5) is 0 Å². The Bertz CT molecular complexity index is 414. The van der Waals surface area contributed by atoms with E-state index in [-0.39, 0.29) is 13.2 Å². The molecule has 0 atom stereocenters. The molecule has 0 aliphatic rings. The predicted octanol–water partition coefficient (Wildman–Crippen LogP) is -0.284. The minimum atomic E-state index is -0.711. The van der Waals surface area contributed by atoms with E-state index in [1.165, 1.54) is 0 Å². The molecule has 0 aliphatic heterocycles. The van der Waals surface area contributed by atoms with Gasteiger partial charge in [0.05, 0.1) is 13.2 Å². The van der Waals surface area contributed by atoms with Crippen molar-refractivity contribution in [3.8, 4) is 0 Å². The largest absolute Gasteiger partial charge is 0.463 e. The molecule has 0 spiro atoms. The molecule has 8 nitrogen and oxygen atoms in total. The van der Waals surface area contributed by atoms with Gasteiger partial charge in [-0.1, -0.05) is 0 Å². The molecular weight excluding hydrogens is 292 g/mol. The third-order valence-electron chi connectivity index (χ3n) is 2.29. The summed E-state index contributed by atoms with van der Waals surface area (Å²) in [6, 6.07) is 0. The maximum atomic E-state index is 11.1. The fraction of sp³-hybridized carbons (Fsp3) is 0.429. The molecule has 4 N–H and O–H groups in total. The lowest BCUT2D eigenvalue weighted by molar-refractivity contribution is -0.139. The van der Waals surface area contributed by atoms with Crippen LogP contribution in [0.1, 0.15) is 25.7 Å². The van der Waals surface area contributed by atoms with E-state index < -0.39 is 23.8 Å². The van der Waals surface area contributed by atoms with Gasteiger partial charge in [-0.15, -0.1) is 0 Å². The molecule has 0 heterocycles. The minimum absolute atomic E-state index is 0.239. The van der Waals surface area contributed by atoms with Gasteiger partial charge in [-0.3, -0.25) is 9.59 Å². The van der Waals surface area contributed by atoms with Crippen LogP contribution in [0.5, 0.6) is 0 Å². The lowest BCUT2D eigenvalue weighted by Gasteiger charge is -2.03. The highest BCUT2D eigenvalue weighted by atomic mass is 16.5. The van der Waals surface area contributed by atoms with Gasteiger partial charge in [-0.05, 0) is 25.7 Å². The maximum absolute atomic E-state index is 11.1. The second-order valence-corrected chi connectivity index (χ2v) is 4.22. The van der Waals surface area contributed by atoms with E-state index in [1.54, 1.807) is 0 Å². The summed E-state index contributed by atoms with van der Waals surface area (Å²) in [6.45, 7) is 0.478. The topological polar surface area (TPSA) is 139 Å². The average molecular weight is 312 g/mol. The van der Waals surface area contributed by atoms with Crippen LogP contribution in [0.3, 0.4) is 0 Å². The Balaban J connectivity index is 3.47. The highest BCUT2D eigenvalue weighted by molar-refractivity contribution is 5.94. The van der Waals surface area contributed by atoms with E-state index in [0.29, 0.717) is 12.8 Å². The van der Waals surface area contributed by atoms with Crippen molar-refractivity contribution in [3.63, 3.8) is 0 Å². The molecule has 122 valence electrons. The van der Waals surface area contributed by atoms with Crippen LogP contribution in [0.15, 0.2) is 24.3 Å². The van der Waals surface area contributed by atoms with E-state index in [4.69, 9.17) is 20.9 Å². The van der Waals surface area contributed by atoms with Crippen LogP contribution in [0.2, 0.25) is 0 Å². The Morgan fingerprint density at radius 2 is 1.00 bits per heavy atom. The number of hydrogen-bond acceptors (Lipinski definition) is 6. The summed E-state index contributed by atoms with van der Waals surface area (Å²) in [7, 11) is 0. The zero-order valence-electron chi connectivity index (χ0n) is 12.2. The Morgan fingerprint density at radius 1 is 0.636 bits per heavy atom. The molecule has 0 aromatic carbocycles. The van der Waals surface area contributed by atoms with Crippen LogP contribution in [-0.2, 0) is 28.7 Å². The van der Waals surface area contributed by atoms with Gasteiger partial charge >= 0.3 is 11.9 Å². The Kier molecular flexibility index (Phi) is 10.7. The number of carbonyl (C=O) groups excluding carboxylic acids is 4. The number of carbonyl (C=O) groups is 4. The molecule has 2 amide bonds. The second-order valence-electron chi connectivity index (χ2n) is 4.22. The Hall–Kier alpha value is -2.64. The van der Waals surface area contributed by atoms with E-state index >= 15 is 0 Å². The summed E-state index contributed by atoms with van der Waals surface area (Å²) < 4.78 is 9.64. The van der Waals surface area contributed by atoms with Crippen molar-refractivity contribution in [1.29, 1.82) is 0 Å². The smallest absolute Gasteiger partial charge is 0.330 e. The van der Waals surface area contributed by atoms with E-state index in [0.717, 1.165) is 37.1 Å². The highest BCUT2D eigenvalue weighted by Gasteiger charge is 1.99. The molecule has 0 aromatic heterocycles. The number of rotatable bonds is 11. The molecule has 0 unspecified atom stereocenters. The molecule has 0 rings (SSSR count). The number of primary amides is 2. The van der Waals surface area contributed by atoms with Crippen molar-refractivity contribution in [2.75, 3.05) is 13.2 Å². The Morgan fingerprint density at radius 3 is 1.32 bits per heavy atom. The molecule has 8 heteroatoms. The molecule has 0 aliphatic carbocycles. The van der Waals surface area contributed by atoms with Gasteiger partial charge in [0.25, 0.3) is 0 Å². The molecular formula is C14H20N2O6. The fourth-order valence-corrected chi connectivity index (χ4v) is 1.30. The SMILES string of the molecule is NC(=O)/C=C\C(=O)OCCCCCCOC(=O)/C=C\C(N)=O. The van der Waals surface area contributed by atoms with Crippen molar-refractivity contribution < 1.29 is 28.7 Å². The normalized spacial score (nSPS) is 10.7. The standard InChI is InChI=1S/C14H20N2O6/c15-11(17)5-7-13(19)21-9-3-1-2-4-10-22-14(20)8-6-12(16)18/h5-8H,1-4,9-10H2,(H2,15,17)(H2,16,18)/b7-5-,8-6-. The number of esters is 2. The van der Waals surface area contributed by atoms with Crippen molar-refractivity contribution in [1.82, 2.24) is 0 Å². The third-order valence-corrected chi connectivity index (χ3v) is 2.29. The van der Waals surface area contributed by atoms with Crippen molar-refractivity contribution in [2.24, 2.45) is 11.5 Å².